The van der Waals surface area contributed by atoms with Gasteiger partial charge in [0.05, 0.1) is 49.0 Å². The number of pyridine rings is 1. The molecule has 166 valence electrons. The number of fused-ring (bicyclic) bond motifs is 1. The number of benzene rings is 1. The number of carbonyl (C=O) groups excluding carboxylic acids is 1. The zero-order chi connectivity index (χ0) is 22.8. The van der Waals surface area contributed by atoms with Crippen LogP contribution in [-0.4, -0.2) is 42.6 Å². The first-order valence-corrected chi connectivity index (χ1v) is 9.91. The quantitative estimate of drug-likeness (QED) is 0.607. The Morgan fingerprint density at radius 3 is 2.29 bits per heavy atom. The highest BCUT2D eigenvalue weighted by atomic mass is 16.6. The van der Waals surface area contributed by atoms with Crippen LogP contribution in [0.25, 0.3) is 16.8 Å². The van der Waals surface area contributed by atoms with Crippen LogP contribution in [0, 0.1) is 6.92 Å². The van der Waals surface area contributed by atoms with Crippen LogP contribution < -0.4 is 14.8 Å². The minimum absolute atomic E-state index is 0.433. The van der Waals surface area contributed by atoms with E-state index in [-0.39, 0.29) is 0 Å². The number of ether oxygens (including phenoxy) is 4. The lowest BCUT2D eigenvalue weighted by molar-refractivity contribution is 0.0636. The number of rotatable bonds is 6. The summed E-state index contributed by atoms with van der Waals surface area (Å²) in [6.07, 6.45) is -0.532. The summed E-state index contributed by atoms with van der Waals surface area (Å²) in [5.74, 6) is 1.27. The molecule has 3 rings (SSSR count). The van der Waals surface area contributed by atoms with E-state index in [4.69, 9.17) is 18.9 Å². The SMILES string of the molecule is COCc1cc(OC)c(-c2cccc3c(NC(=O)OC(C)(C)C)c(C)nn23)c(OC)c1. The molecule has 1 amide bonds. The van der Waals surface area contributed by atoms with Gasteiger partial charge in [-0.25, -0.2) is 9.31 Å². The average Bonchev–Trinajstić information content (AvgIpc) is 3.01. The molecule has 0 aliphatic heterocycles. The first-order chi connectivity index (χ1) is 14.7. The molecular formula is C23H29N3O5. The largest absolute Gasteiger partial charge is 0.496 e. The smallest absolute Gasteiger partial charge is 0.412 e. The van der Waals surface area contributed by atoms with Crippen LogP contribution in [0.1, 0.15) is 32.0 Å². The second-order valence-electron chi connectivity index (χ2n) is 8.10. The van der Waals surface area contributed by atoms with Crippen molar-refractivity contribution in [1.29, 1.82) is 0 Å². The summed E-state index contributed by atoms with van der Waals surface area (Å²) >= 11 is 0. The second kappa shape index (κ2) is 8.85. The zero-order valence-corrected chi connectivity index (χ0v) is 19.0. The molecule has 0 radical (unpaired) electrons. The molecule has 0 aliphatic rings. The Balaban J connectivity index is 2.14. The van der Waals surface area contributed by atoms with E-state index < -0.39 is 11.7 Å². The van der Waals surface area contributed by atoms with E-state index in [1.54, 1.807) is 25.8 Å². The monoisotopic (exact) mass is 427 g/mol. The molecule has 8 nitrogen and oxygen atoms in total. The van der Waals surface area contributed by atoms with Gasteiger partial charge in [-0.15, -0.1) is 0 Å². The number of nitrogens with one attached hydrogen (secondary N) is 1. The third kappa shape index (κ3) is 4.74. The highest BCUT2D eigenvalue weighted by molar-refractivity contribution is 5.93. The molecule has 1 N–H and O–H groups in total. The summed E-state index contributed by atoms with van der Waals surface area (Å²) in [6.45, 7) is 7.72. The van der Waals surface area contributed by atoms with Gasteiger partial charge in [0.2, 0.25) is 0 Å². The first kappa shape index (κ1) is 22.4. The molecule has 0 spiro atoms. The van der Waals surface area contributed by atoms with Crippen molar-refractivity contribution in [2.75, 3.05) is 26.6 Å². The molecule has 2 aromatic heterocycles. The molecular weight excluding hydrogens is 398 g/mol. The minimum Gasteiger partial charge on any atom is -0.496 e. The summed E-state index contributed by atoms with van der Waals surface area (Å²) in [6, 6.07) is 9.53. The number of hydrogen-bond donors (Lipinski definition) is 1. The van der Waals surface area contributed by atoms with Gasteiger partial charge in [0, 0.05) is 7.11 Å². The standard InChI is InChI=1S/C23H29N3O5/c1-14-21(24-22(27)31-23(2,3)4)17-10-8-9-16(26(17)25-14)20-18(29-6)11-15(13-28-5)12-19(20)30-7/h8-12H,13H2,1-7H3,(H,24,27). The lowest BCUT2D eigenvalue weighted by Crippen LogP contribution is -2.27. The molecule has 31 heavy (non-hydrogen) atoms. The maximum atomic E-state index is 12.4. The van der Waals surface area contributed by atoms with Crippen molar-refractivity contribution in [3.8, 4) is 22.8 Å². The van der Waals surface area contributed by atoms with Gasteiger partial charge in [0.1, 0.15) is 17.1 Å². The summed E-state index contributed by atoms with van der Waals surface area (Å²) in [5.41, 5.74) is 3.81. The van der Waals surface area contributed by atoms with Crippen molar-refractivity contribution in [3.05, 3.63) is 41.6 Å². The summed E-state index contributed by atoms with van der Waals surface area (Å²) < 4.78 is 23.8. The van der Waals surface area contributed by atoms with Crippen molar-refractivity contribution in [2.45, 2.75) is 39.9 Å². The number of methoxy groups -OCH3 is 3. The number of carbonyl (C=O) groups is 1. The fraction of sp³-hybridized carbons (Fsp3) is 0.391. The van der Waals surface area contributed by atoms with Gasteiger partial charge in [-0.05, 0) is 57.5 Å². The van der Waals surface area contributed by atoms with E-state index in [0.717, 1.165) is 22.3 Å². The summed E-state index contributed by atoms with van der Waals surface area (Å²) in [5, 5.41) is 7.49. The molecule has 0 unspecified atom stereocenters. The van der Waals surface area contributed by atoms with Crippen LogP contribution in [-0.2, 0) is 16.1 Å². The molecule has 1 aromatic carbocycles. The number of anilines is 1. The molecule has 0 saturated heterocycles. The second-order valence-corrected chi connectivity index (χ2v) is 8.10. The normalized spacial score (nSPS) is 11.5. The predicted molar refractivity (Wildman–Crippen MR) is 119 cm³/mol. The lowest BCUT2D eigenvalue weighted by Gasteiger charge is -2.19. The Morgan fingerprint density at radius 1 is 1.10 bits per heavy atom. The van der Waals surface area contributed by atoms with Gasteiger partial charge in [0.15, 0.2) is 0 Å². The highest BCUT2D eigenvalue weighted by Gasteiger charge is 2.22. The fourth-order valence-electron chi connectivity index (χ4n) is 3.40. The Kier molecular flexibility index (Phi) is 6.40. The van der Waals surface area contributed by atoms with E-state index in [1.807, 2.05) is 58.0 Å². The van der Waals surface area contributed by atoms with Crippen molar-refractivity contribution < 1.29 is 23.7 Å². The van der Waals surface area contributed by atoms with Crippen LogP contribution in [0.5, 0.6) is 11.5 Å². The van der Waals surface area contributed by atoms with Gasteiger partial charge in [-0.2, -0.15) is 5.10 Å². The molecule has 3 aromatic rings. The van der Waals surface area contributed by atoms with Crippen LogP contribution >= 0.6 is 0 Å². The number of hydrogen-bond acceptors (Lipinski definition) is 6. The number of aryl methyl sites for hydroxylation is 1. The van der Waals surface area contributed by atoms with Crippen LogP contribution in [0.15, 0.2) is 30.3 Å². The highest BCUT2D eigenvalue weighted by Crippen LogP contribution is 2.40. The van der Waals surface area contributed by atoms with Crippen molar-refractivity contribution in [3.63, 3.8) is 0 Å². The van der Waals surface area contributed by atoms with Crippen molar-refractivity contribution in [2.24, 2.45) is 0 Å². The molecule has 0 atom stereocenters. The van der Waals surface area contributed by atoms with E-state index in [0.29, 0.717) is 29.5 Å². The maximum absolute atomic E-state index is 12.4. The van der Waals surface area contributed by atoms with Gasteiger partial charge >= 0.3 is 6.09 Å². The predicted octanol–water partition coefficient (Wildman–Crippen LogP) is 4.82. The number of amides is 1. The fourth-order valence-corrected chi connectivity index (χ4v) is 3.40. The van der Waals surface area contributed by atoms with E-state index in [2.05, 4.69) is 10.4 Å². The third-order valence-electron chi connectivity index (χ3n) is 4.59. The van der Waals surface area contributed by atoms with Crippen molar-refractivity contribution >= 4 is 17.3 Å². The third-order valence-corrected chi connectivity index (χ3v) is 4.59. The molecule has 8 heteroatoms. The van der Waals surface area contributed by atoms with Crippen molar-refractivity contribution in [1.82, 2.24) is 9.61 Å². The van der Waals surface area contributed by atoms with Gasteiger partial charge in [0.25, 0.3) is 0 Å². The minimum atomic E-state index is -0.600. The van der Waals surface area contributed by atoms with Gasteiger partial charge in [-0.1, -0.05) is 6.07 Å². The van der Waals surface area contributed by atoms with Crippen LogP contribution in [0.4, 0.5) is 10.5 Å². The first-order valence-electron chi connectivity index (χ1n) is 9.91. The molecule has 0 saturated carbocycles. The summed E-state index contributed by atoms with van der Waals surface area (Å²) in [7, 11) is 4.86. The molecule has 0 aliphatic carbocycles. The Labute approximate surface area is 182 Å². The number of nitrogens with zero attached hydrogens (tertiary/aromatic N) is 2. The van der Waals surface area contributed by atoms with Gasteiger partial charge in [-0.3, -0.25) is 5.32 Å². The zero-order valence-electron chi connectivity index (χ0n) is 19.0. The Morgan fingerprint density at radius 2 is 1.74 bits per heavy atom. The number of aromatic nitrogens is 2. The topological polar surface area (TPSA) is 83.3 Å². The van der Waals surface area contributed by atoms with E-state index in [9.17, 15) is 4.79 Å². The van der Waals surface area contributed by atoms with Crippen LogP contribution in [0.2, 0.25) is 0 Å². The maximum Gasteiger partial charge on any atom is 0.412 e. The van der Waals surface area contributed by atoms with Gasteiger partial charge < -0.3 is 18.9 Å². The molecule has 0 fully saturated rings. The Bertz CT molecular complexity index is 1070. The average molecular weight is 428 g/mol. The molecule has 0 bridgehead atoms. The summed E-state index contributed by atoms with van der Waals surface area (Å²) in [4.78, 5) is 12.4. The lowest BCUT2D eigenvalue weighted by atomic mass is 10.0. The van der Waals surface area contributed by atoms with Crippen LogP contribution in [0.3, 0.4) is 0 Å². The molecule has 2 heterocycles. The Hall–Kier alpha value is -3.26. The van der Waals surface area contributed by atoms with E-state index in [1.165, 1.54) is 0 Å². The van der Waals surface area contributed by atoms with E-state index >= 15 is 0 Å².